The first kappa shape index (κ1) is 22.4. The molecule has 0 radical (unpaired) electrons. The summed E-state index contributed by atoms with van der Waals surface area (Å²) in [5.74, 6) is 0.317. The van der Waals surface area contributed by atoms with Gasteiger partial charge in [-0.15, -0.1) is 24.8 Å². The number of nitrogens with zero attached hydrogens (tertiary/aromatic N) is 3. The summed E-state index contributed by atoms with van der Waals surface area (Å²) in [5, 5.41) is 3.41. The fourth-order valence-corrected chi connectivity index (χ4v) is 4.56. The number of nitrogens with one attached hydrogen (secondary N) is 1. The van der Waals surface area contributed by atoms with E-state index in [0.29, 0.717) is 11.9 Å². The number of amides is 1. The maximum absolute atomic E-state index is 13.0. The number of piperazine rings is 1. The molecule has 1 N–H and O–H groups in total. The van der Waals surface area contributed by atoms with Crippen LogP contribution in [0, 0.1) is 0 Å². The zero-order valence-electron chi connectivity index (χ0n) is 16.1. The smallest absolute Gasteiger partial charge is 0.239 e. The van der Waals surface area contributed by atoms with Gasteiger partial charge in [0.2, 0.25) is 5.91 Å². The third kappa shape index (κ3) is 4.96. The van der Waals surface area contributed by atoms with Crippen molar-refractivity contribution in [1.29, 1.82) is 0 Å². The summed E-state index contributed by atoms with van der Waals surface area (Å²) in [4.78, 5) is 20.1. The van der Waals surface area contributed by atoms with Crippen molar-refractivity contribution in [1.82, 2.24) is 20.0 Å². The molecule has 2 atom stereocenters. The number of likely N-dealkylation sites (tertiary alicyclic amines) is 1. The first-order valence-corrected chi connectivity index (χ1v) is 9.77. The Morgan fingerprint density at radius 2 is 1.78 bits per heavy atom. The molecule has 7 heteroatoms. The molecule has 0 aliphatic carbocycles. The van der Waals surface area contributed by atoms with Gasteiger partial charge < -0.3 is 10.2 Å². The molecule has 0 aromatic heterocycles. The molecule has 3 heterocycles. The maximum Gasteiger partial charge on any atom is 0.239 e. The predicted octanol–water partition coefficient (Wildman–Crippen LogP) is 1.78. The molecule has 0 spiro atoms. The molecular formula is C20H32Cl2N4O. The molecule has 3 aliphatic rings. The van der Waals surface area contributed by atoms with Gasteiger partial charge in [0.25, 0.3) is 0 Å². The highest BCUT2D eigenvalue weighted by molar-refractivity contribution is 5.85. The van der Waals surface area contributed by atoms with Gasteiger partial charge in [0.1, 0.15) is 0 Å². The minimum Gasteiger partial charge on any atom is -0.340 e. The fraction of sp³-hybridized carbons (Fsp3) is 0.650. The van der Waals surface area contributed by atoms with Gasteiger partial charge in [-0.05, 0) is 30.9 Å². The Labute approximate surface area is 175 Å². The van der Waals surface area contributed by atoms with Gasteiger partial charge in [0.05, 0.1) is 6.04 Å². The lowest BCUT2D eigenvalue weighted by molar-refractivity contribution is -0.135. The standard InChI is InChI=1S/C20H30N4O.2ClH/c1-16(23-10-6-17-4-2-3-5-18(17)14-23)20(25)24-11-7-19(15-24)22-12-8-21-9-13-22;;/h2-5,16,19,21H,6-15H2,1H3;2*1H. The second-order valence-electron chi connectivity index (χ2n) is 7.68. The maximum atomic E-state index is 13.0. The number of hydrogen-bond acceptors (Lipinski definition) is 4. The molecule has 1 aromatic carbocycles. The SMILES string of the molecule is CC(C(=O)N1CCC(N2CCNCC2)C1)N1CCc2ccccc2C1.Cl.Cl. The number of hydrogen-bond donors (Lipinski definition) is 1. The van der Waals surface area contributed by atoms with Crippen LogP contribution in [0.3, 0.4) is 0 Å². The van der Waals surface area contributed by atoms with E-state index in [1.54, 1.807) is 0 Å². The zero-order valence-corrected chi connectivity index (χ0v) is 17.7. The second kappa shape index (κ2) is 10.1. The monoisotopic (exact) mass is 414 g/mol. The third-order valence-electron chi connectivity index (χ3n) is 6.21. The van der Waals surface area contributed by atoms with Crippen LogP contribution in [-0.4, -0.2) is 78.5 Å². The van der Waals surface area contributed by atoms with Crippen LogP contribution in [0.4, 0.5) is 0 Å². The van der Waals surface area contributed by atoms with E-state index in [-0.39, 0.29) is 30.9 Å². The normalized spacial score (nSPS) is 24.5. The molecule has 2 fully saturated rings. The molecule has 3 aliphatic heterocycles. The summed E-state index contributed by atoms with van der Waals surface area (Å²) in [6.45, 7) is 10.2. The van der Waals surface area contributed by atoms with E-state index in [1.165, 1.54) is 11.1 Å². The highest BCUT2D eigenvalue weighted by Crippen LogP contribution is 2.23. The van der Waals surface area contributed by atoms with Crippen molar-refractivity contribution in [3.63, 3.8) is 0 Å². The molecule has 0 bridgehead atoms. The van der Waals surface area contributed by atoms with Crippen LogP contribution in [0.25, 0.3) is 0 Å². The predicted molar refractivity (Wildman–Crippen MR) is 114 cm³/mol. The number of carbonyl (C=O) groups is 1. The summed E-state index contributed by atoms with van der Waals surface area (Å²) >= 11 is 0. The van der Waals surface area contributed by atoms with Gasteiger partial charge in [0, 0.05) is 58.4 Å². The van der Waals surface area contributed by atoms with Crippen molar-refractivity contribution in [3.05, 3.63) is 35.4 Å². The summed E-state index contributed by atoms with van der Waals surface area (Å²) < 4.78 is 0. The molecule has 2 saturated heterocycles. The van der Waals surface area contributed by atoms with Crippen LogP contribution < -0.4 is 5.32 Å². The largest absolute Gasteiger partial charge is 0.340 e. The Kier molecular flexibility index (Phi) is 8.38. The number of carbonyl (C=O) groups excluding carboxylic acids is 1. The van der Waals surface area contributed by atoms with Crippen LogP contribution in [-0.2, 0) is 17.8 Å². The lowest BCUT2D eigenvalue weighted by Gasteiger charge is -2.35. The van der Waals surface area contributed by atoms with Crippen LogP contribution in [0.2, 0.25) is 0 Å². The molecule has 4 rings (SSSR count). The number of halogens is 2. The van der Waals surface area contributed by atoms with Gasteiger partial charge in [0.15, 0.2) is 0 Å². The van der Waals surface area contributed by atoms with Crippen molar-refractivity contribution in [2.75, 3.05) is 45.8 Å². The molecule has 5 nitrogen and oxygen atoms in total. The molecule has 1 aromatic rings. The lowest BCUT2D eigenvalue weighted by Crippen LogP contribution is -2.51. The van der Waals surface area contributed by atoms with Gasteiger partial charge in [-0.25, -0.2) is 0 Å². The van der Waals surface area contributed by atoms with Gasteiger partial charge in [-0.3, -0.25) is 14.6 Å². The van der Waals surface area contributed by atoms with Crippen molar-refractivity contribution in [2.45, 2.75) is 38.4 Å². The van der Waals surface area contributed by atoms with E-state index < -0.39 is 0 Å². The molecular weight excluding hydrogens is 383 g/mol. The Bertz CT molecular complexity index is 624. The molecule has 1 amide bonds. The van der Waals surface area contributed by atoms with Crippen LogP contribution >= 0.6 is 24.8 Å². The highest BCUT2D eigenvalue weighted by atomic mass is 35.5. The Hall–Kier alpha value is -0.850. The first-order chi connectivity index (χ1) is 12.2. The van der Waals surface area contributed by atoms with E-state index in [1.807, 2.05) is 0 Å². The van der Waals surface area contributed by atoms with Gasteiger partial charge in [-0.1, -0.05) is 24.3 Å². The van der Waals surface area contributed by atoms with E-state index in [0.717, 1.165) is 65.2 Å². The summed E-state index contributed by atoms with van der Waals surface area (Å²) in [5.41, 5.74) is 2.83. The van der Waals surface area contributed by atoms with E-state index in [2.05, 4.69) is 51.2 Å². The topological polar surface area (TPSA) is 38.8 Å². The average molecular weight is 415 g/mol. The van der Waals surface area contributed by atoms with Crippen molar-refractivity contribution >= 4 is 30.7 Å². The first-order valence-electron chi connectivity index (χ1n) is 9.77. The van der Waals surface area contributed by atoms with Crippen LogP contribution in [0.15, 0.2) is 24.3 Å². The van der Waals surface area contributed by atoms with E-state index in [9.17, 15) is 4.79 Å². The third-order valence-corrected chi connectivity index (χ3v) is 6.21. The Morgan fingerprint density at radius 3 is 2.52 bits per heavy atom. The minimum atomic E-state index is -0.0184. The van der Waals surface area contributed by atoms with Crippen LogP contribution in [0.5, 0.6) is 0 Å². The van der Waals surface area contributed by atoms with Gasteiger partial charge >= 0.3 is 0 Å². The molecule has 0 saturated carbocycles. The summed E-state index contributed by atoms with van der Waals surface area (Å²) in [7, 11) is 0. The molecule has 2 unspecified atom stereocenters. The Balaban J connectivity index is 0.00000131. The molecule has 27 heavy (non-hydrogen) atoms. The fourth-order valence-electron chi connectivity index (χ4n) is 4.56. The van der Waals surface area contributed by atoms with E-state index >= 15 is 0 Å². The van der Waals surface area contributed by atoms with Gasteiger partial charge in [-0.2, -0.15) is 0 Å². The highest BCUT2D eigenvalue weighted by Gasteiger charge is 2.34. The van der Waals surface area contributed by atoms with Crippen LogP contribution in [0.1, 0.15) is 24.5 Å². The number of benzene rings is 1. The zero-order chi connectivity index (χ0) is 17.2. The lowest BCUT2D eigenvalue weighted by atomic mass is 9.98. The Morgan fingerprint density at radius 1 is 1.07 bits per heavy atom. The number of rotatable bonds is 3. The van der Waals surface area contributed by atoms with Crippen molar-refractivity contribution in [3.8, 4) is 0 Å². The second-order valence-corrected chi connectivity index (χ2v) is 7.68. The van der Waals surface area contributed by atoms with Crippen molar-refractivity contribution in [2.24, 2.45) is 0 Å². The summed E-state index contributed by atoms with van der Waals surface area (Å²) in [6, 6.07) is 9.18. The molecule has 152 valence electrons. The quantitative estimate of drug-likeness (QED) is 0.817. The summed E-state index contributed by atoms with van der Waals surface area (Å²) in [6.07, 6.45) is 2.18. The minimum absolute atomic E-state index is 0. The average Bonchev–Trinajstić information content (AvgIpc) is 3.17. The number of fused-ring (bicyclic) bond motifs is 1. The van der Waals surface area contributed by atoms with E-state index in [4.69, 9.17) is 0 Å². The van der Waals surface area contributed by atoms with Crippen molar-refractivity contribution < 1.29 is 4.79 Å².